The number of aromatic amines is 1. The lowest BCUT2D eigenvalue weighted by atomic mass is 10.2. The van der Waals surface area contributed by atoms with Gasteiger partial charge < -0.3 is 19.6 Å². The van der Waals surface area contributed by atoms with Crippen LogP contribution in [-0.4, -0.2) is 16.0 Å². The van der Waals surface area contributed by atoms with Crippen LogP contribution in [0.3, 0.4) is 0 Å². The van der Waals surface area contributed by atoms with E-state index in [0.29, 0.717) is 28.9 Å². The van der Waals surface area contributed by atoms with Crippen molar-refractivity contribution in [1.82, 2.24) is 15.5 Å². The summed E-state index contributed by atoms with van der Waals surface area (Å²) in [4.78, 5) is 14.0. The Balaban J connectivity index is 1.79. The molecule has 6 nitrogen and oxygen atoms in total. The molecule has 0 aliphatic carbocycles. The molecule has 3 rings (SSSR count). The molecule has 0 unspecified atom stereocenters. The number of nitrogens with zero attached hydrogens (tertiary/aromatic N) is 1. The molecule has 0 bridgehead atoms. The van der Waals surface area contributed by atoms with Gasteiger partial charge in [0.1, 0.15) is 30.1 Å². The van der Waals surface area contributed by atoms with E-state index in [1.54, 1.807) is 18.2 Å². The highest BCUT2D eigenvalue weighted by molar-refractivity contribution is 5.82. The highest BCUT2D eigenvalue weighted by Gasteiger charge is 2.09. The Morgan fingerprint density at radius 2 is 2.32 bits per heavy atom. The number of amides is 1. The van der Waals surface area contributed by atoms with Crippen molar-refractivity contribution in [2.24, 2.45) is 0 Å². The van der Waals surface area contributed by atoms with Crippen LogP contribution in [0.2, 0.25) is 0 Å². The van der Waals surface area contributed by atoms with Crippen molar-refractivity contribution in [2.45, 2.75) is 20.1 Å². The van der Waals surface area contributed by atoms with E-state index < -0.39 is 5.82 Å². The number of fused-ring (bicyclic) bond motifs is 1. The summed E-state index contributed by atoms with van der Waals surface area (Å²) in [5.41, 5.74) is 1.95. The second kappa shape index (κ2) is 5.88. The SMILES string of the molecule is CC(=O)NCc1cc2c(F)cc(OCc3ccon3)cc2[nH]1. The van der Waals surface area contributed by atoms with Crippen molar-refractivity contribution in [3.8, 4) is 5.75 Å². The van der Waals surface area contributed by atoms with Crippen molar-refractivity contribution < 1.29 is 18.4 Å². The Kier molecular flexibility index (Phi) is 3.78. The third kappa shape index (κ3) is 3.08. The monoisotopic (exact) mass is 303 g/mol. The molecule has 0 atom stereocenters. The molecule has 0 saturated carbocycles. The maximum atomic E-state index is 14.1. The summed E-state index contributed by atoms with van der Waals surface area (Å²) in [7, 11) is 0. The minimum Gasteiger partial charge on any atom is -0.487 e. The number of halogens is 1. The summed E-state index contributed by atoms with van der Waals surface area (Å²) in [6.07, 6.45) is 1.45. The molecule has 0 aliphatic heterocycles. The minimum absolute atomic E-state index is 0.143. The predicted molar refractivity (Wildman–Crippen MR) is 76.6 cm³/mol. The minimum atomic E-state index is -0.391. The third-order valence-corrected chi connectivity index (χ3v) is 3.12. The van der Waals surface area contributed by atoms with Crippen molar-refractivity contribution in [1.29, 1.82) is 0 Å². The van der Waals surface area contributed by atoms with Gasteiger partial charge in [0.15, 0.2) is 0 Å². The van der Waals surface area contributed by atoms with E-state index >= 15 is 0 Å². The molecule has 0 aliphatic rings. The largest absolute Gasteiger partial charge is 0.487 e. The van der Waals surface area contributed by atoms with Crippen molar-refractivity contribution in [3.63, 3.8) is 0 Å². The molecule has 0 fully saturated rings. The Morgan fingerprint density at radius 3 is 3.05 bits per heavy atom. The van der Waals surface area contributed by atoms with Crippen LogP contribution >= 0.6 is 0 Å². The van der Waals surface area contributed by atoms with Gasteiger partial charge in [-0.25, -0.2) is 4.39 Å². The average Bonchev–Trinajstić information content (AvgIpc) is 3.12. The Labute approximate surface area is 125 Å². The van der Waals surface area contributed by atoms with E-state index in [9.17, 15) is 9.18 Å². The molecule has 2 heterocycles. The highest BCUT2D eigenvalue weighted by Crippen LogP contribution is 2.25. The van der Waals surface area contributed by atoms with E-state index in [-0.39, 0.29) is 12.5 Å². The number of benzene rings is 1. The van der Waals surface area contributed by atoms with Crippen molar-refractivity contribution in [3.05, 3.63) is 47.7 Å². The van der Waals surface area contributed by atoms with Crippen LogP contribution in [0.4, 0.5) is 4.39 Å². The standard InChI is InChI=1S/C15H14FN3O3/c1-9(20)17-7-11-4-13-14(16)5-12(6-15(13)18-11)21-8-10-2-3-22-19-10/h2-6,18H,7-8H2,1H3,(H,17,20). The quantitative estimate of drug-likeness (QED) is 0.759. The zero-order valence-electron chi connectivity index (χ0n) is 11.9. The van der Waals surface area contributed by atoms with Gasteiger partial charge in [0, 0.05) is 36.2 Å². The summed E-state index contributed by atoms with van der Waals surface area (Å²) >= 11 is 0. The number of H-pyrrole nitrogens is 1. The zero-order valence-corrected chi connectivity index (χ0v) is 11.9. The molecule has 1 amide bonds. The van der Waals surface area contributed by atoms with Gasteiger partial charge in [0.25, 0.3) is 0 Å². The van der Waals surface area contributed by atoms with Crippen molar-refractivity contribution in [2.75, 3.05) is 0 Å². The summed E-state index contributed by atoms with van der Waals surface area (Å²) < 4.78 is 24.3. The van der Waals surface area contributed by atoms with Crippen LogP contribution in [-0.2, 0) is 17.9 Å². The van der Waals surface area contributed by atoms with E-state index in [1.165, 1.54) is 19.3 Å². The Hall–Kier alpha value is -2.83. The van der Waals surface area contributed by atoms with Crippen molar-refractivity contribution >= 4 is 16.8 Å². The molecule has 3 aromatic rings. The molecule has 1 aromatic carbocycles. The van der Waals surface area contributed by atoms with Gasteiger partial charge >= 0.3 is 0 Å². The second-order valence-corrected chi connectivity index (χ2v) is 4.85. The number of carbonyl (C=O) groups is 1. The van der Waals surface area contributed by atoms with Crippen LogP contribution in [0.25, 0.3) is 10.9 Å². The lowest BCUT2D eigenvalue weighted by Gasteiger charge is -2.04. The van der Waals surface area contributed by atoms with Gasteiger partial charge in [-0.15, -0.1) is 0 Å². The summed E-state index contributed by atoms with van der Waals surface area (Å²) in [5.74, 6) is -0.144. The molecular formula is C15H14FN3O3. The normalized spacial score (nSPS) is 10.8. The first kappa shape index (κ1) is 14.1. The van der Waals surface area contributed by atoms with E-state index in [2.05, 4.69) is 15.5 Å². The maximum absolute atomic E-state index is 14.1. The fourth-order valence-corrected chi connectivity index (χ4v) is 2.09. The number of rotatable bonds is 5. The van der Waals surface area contributed by atoms with Crippen LogP contribution in [0.15, 0.2) is 35.1 Å². The molecule has 0 saturated heterocycles. The van der Waals surface area contributed by atoms with Crippen LogP contribution < -0.4 is 10.1 Å². The smallest absolute Gasteiger partial charge is 0.217 e. The number of ether oxygens (including phenoxy) is 1. The molecule has 2 aromatic heterocycles. The topological polar surface area (TPSA) is 80.2 Å². The number of hydrogen-bond donors (Lipinski definition) is 2. The summed E-state index contributed by atoms with van der Waals surface area (Å²) in [6.45, 7) is 1.94. The van der Waals surface area contributed by atoms with Crippen LogP contribution in [0.1, 0.15) is 18.3 Å². The lowest BCUT2D eigenvalue weighted by molar-refractivity contribution is -0.119. The first-order valence-corrected chi connectivity index (χ1v) is 6.69. The van der Waals surface area contributed by atoms with E-state index in [4.69, 9.17) is 9.26 Å². The first-order valence-electron chi connectivity index (χ1n) is 6.69. The van der Waals surface area contributed by atoms with Gasteiger partial charge in [0.05, 0.1) is 12.1 Å². The highest BCUT2D eigenvalue weighted by atomic mass is 19.1. The molecule has 114 valence electrons. The fraction of sp³-hybridized carbons (Fsp3) is 0.200. The molecule has 22 heavy (non-hydrogen) atoms. The predicted octanol–water partition coefficient (Wildman–Crippen LogP) is 2.51. The van der Waals surface area contributed by atoms with Crippen LogP contribution in [0, 0.1) is 5.82 Å². The number of nitrogens with one attached hydrogen (secondary N) is 2. The first-order chi connectivity index (χ1) is 10.6. The molecular weight excluding hydrogens is 289 g/mol. The summed E-state index contributed by atoms with van der Waals surface area (Å²) in [5, 5.41) is 6.83. The maximum Gasteiger partial charge on any atom is 0.217 e. The number of hydrogen-bond acceptors (Lipinski definition) is 4. The molecule has 7 heteroatoms. The lowest BCUT2D eigenvalue weighted by Crippen LogP contribution is -2.18. The molecule has 2 N–H and O–H groups in total. The van der Waals surface area contributed by atoms with E-state index in [0.717, 1.165) is 5.69 Å². The zero-order chi connectivity index (χ0) is 15.5. The van der Waals surface area contributed by atoms with Gasteiger partial charge in [0.2, 0.25) is 5.91 Å². The fourth-order valence-electron chi connectivity index (χ4n) is 2.09. The number of carbonyl (C=O) groups excluding carboxylic acids is 1. The molecule has 0 spiro atoms. The third-order valence-electron chi connectivity index (χ3n) is 3.12. The van der Waals surface area contributed by atoms with E-state index in [1.807, 2.05) is 0 Å². The van der Waals surface area contributed by atoms with Crippen LogP contribution in [0.5, 0.6) is 5.75 Å². The Morgan fingerprint density at radius 1 is 1.45 bits per heavy atom. The van der Waals surface area contributed by atoms with Gasteiger partial charge in [-0.1, -0.05) is 5.16 Å². The second-order valence-electron chi connectivity index (χ2n) is 4.85. The van der Waals surface area contributed by atoms with Gasteiger partial charge in [-0.3, -0.25) is 4.79 Å². The number of aromatic nitrogens is 2. The molecule has 0 radical (unpaired) electrons. The average molecular weight is 303 g/mol. The van der Waals surface area contributed by atoms with Gasteiger partial charge in [-0.2, -0.15) is 0 Å². The summed E-state index contributed by atoms with van der Waals surface area (Å²) in [6, 6.07) is 6.37. The van der Waals surface area contributed by atoms with Gasteiger partial charge in [-0.05, 0) is 6.07 Å². The Bertz CT molecular complexity index is 796.